The van der Waals surface area contributed by atoms with E-state index in [2.05, 4.69) is 10.6 Å². The Bertz CT molecular complexity index is 1190. The van der Waals surface area contributed by atoms with Gasteiger partial charge in [0.2, 0.25) is 21.8 Å². The molecular weight excluding hydrogens is 502 g/mol. The van der Waals surface area contributed by atoms with Crippen LogP contribution >= 0.6 is 11.6 Å². The highest BCUT2D eigenvalue weighted by atomic mass is 35.5. The van der Waals surface area contributed by atoms with Gasteiger partial charge in [0, 0.05) is 31.1 Å². The number of carbonyl (C=O) groups excluding carboxylic acids is 2. The number of sulfonamides is 1. The van der Waals surface area contributed by atoms with Gasteiger partial charge in [0.05, 0.1) is 23.4 Å². The Labute approximate surface area is 207 Å². The number of likely N-dealkylation sites (tertiary alicyclic amines) is 1. The molecule has 2 heterocycles. The van der Waals surface area contributed by atoms with Gasteiger partial charge in [-0.1, -0.05) is 23.8 Å². The van der Waals surface area contributed by atoms with Gasteiger partial charge in [-0.25, -0.2) is 17.2 Å². The van der Waals surface area contributed by atoms with Gasteiger partial charge in [0.15, 0.2) is 0 Å². The van der Waals surface area contributed by atoms with Crippen LogP contribution in [0.4, 0.5) is 8.78 Å². The van der Waals surface area contributed by atoms with Crippen molar-refractivity contribution in [2.45, 2.75) is 43.4 Å². The molecule has 2 N–H and O–H groups in total. The standard InChI is InChI=1S/C23H27ClF2N4O4S/c1-35(33,34)29-7-6-27-18(11-29)23(32)30-19-5-4-13(19)8-20(30)22(31)28-21(12-2-3-12)14-9-17(26)15(24)10-16(14)25/h4-5,9-10,12-13,18-21,27H,2-3,6-8,11H2,1H3,(H,28,31)/t13-,18+,19-,20-,21-/m1/s1. The van der Waals surface area contributed by atoms with Crippen LogP contribution in [-0.4, -0.2) is 73.5 Å². The van der Waals surface area contributed by atoms with Gasteiger partial charge >= 0.3 is 0 Å². The number of fused-ring (bicyclic) bond motifs is 1. The van der Waals surface area contributed by atoms with E-state index in [0.717, 1.165) is 31.2 Å². The fourth-order valence-corrected chi connectivity index (χ4v) is 6.27. The molecule has 0 spiro atoms. The molecule has 2 aliphatic carbocycles. The van der Waals surface area contributed by atoms with Gasteiger partial charge in [0.1, 0.15) is 23.7 Å². The molecule has 2 amide bonds. The predicted octanol–water partition coefficient (Wildman–Crippen LogP) is 1.57. The normalized spacial score (nSPS) is 29.4. The van der Waals surface area contributed by atoms with Gasteiger partial charge < -0.3 is 15.5 Å². The summed E-state index contributed by atoms with van der Waals surface area (Å²) in [7, 11) is -3.46. The Morgan fingerprint density at radius 2 is 1.94 bits per heavy atom. The van der Waals surface area contributed by atoms with Crippen molar-refractivity contribution >= 4 is 33.4 Å². The third kappa shape index (κ3) is 4.71. The van der Waals surface area contributed by atoms with Crippen molar-refractivity contribution in [2.24, 2.45) is 11.8 Å². The summed E-state index contributed by atoms with van der Waals surface area (Å²) in [5.74, 6) is -2.24. The van der Waals surface area contributed by atoms with Gasteiger partial charge in [-0.15, -0.1) is 0 Å². The summed E-state index contributed by atoms with van der Waals surface area (Å²) < 4.78 is 54.1. The quantitative estimate of drug-likeness (QED) is 0.431. The third-order valence-corrected chi connectivity index (χ3v) is 8.93. The topological polar surface area (TPSA) is 98.8 Å². The first kappa shape index (κ1) is 24.6. The molecule has 0 unspecified atom stereocenters. The average molecular weight is 529 g/mol. The van der Waals surface area contributed by atoms with Crippen molar-refractivity contribution in [1.82, 2.24) is 19.8 Å². The summed E-state index contributed by atoms with van der Waals surface area (Å²) in [6, 6.07) is -0.627. The Morgan fingerprint density at radius 1 is 1.20 bits per heavy atom. The van der Waals surface area contributed by atoms with Crippen molar-refractivity contribution in [1.29, 1.82) is 0 Å². The first-order valence-corrected chi connectivity index (χ1v) is 13.9. The maximum Gasteiger partial charge on any atom is 0.243 e. The molecule has 8 nitrogen and oxygen atoms in total. The van der Waals surface area contributed by atoms with Gasteiger partial charge in [-0.3, -0.25) is 9.59 Å². The molecule has 2 aliphatic heterocycles. The summed E-state index contributed by atoms with van der Waals surface area (Å²) in [5, 5.41) is 5.62. The molecule has 4 aliphatic rings. The molecular formula is C23H27ClF2N4O4S. The number of benzene rings is 1. The van der Waals surface area contributed by atoms with Crippen molar-refractivity contribution in [3.05, 3.63) is 46.5 Å². The number of rotatable bonds is 6. The van der Waals surface area contributed by atoms with Crippen molar-refractivity contribution in [2.75, 3.05) is 25.9 Å². The zero-order chi connectivity index (χ0) is 25.1. The maximum atomic E-state index is 14.7. The summed E-state index contributed by atoms with van der Waals surface area (Å²) in [6.45, 7) is 0.581. The number of piperazine rings is 1. The Balaban J connectivity index is 1.36. The zero-order valence-corrected chi connectivity index (χ0v) is 20.7. The fraction of sp³-hybridized carbons (Fsp3) is 0.565. The lowest BCUT2D eigenvalue weighted by atomic mass is 9.89. The molecule has 1 aromatic rings. The van der Waals surface area contributed by atoms with E-state index in [1.165, 1.54) is 9.21 Å². The second kappa shape index (κ2) is 9.10. The number of carbonyl (C=O) groups is 2. The molecule has 5 rings (SSSR count). The minimum atomic E-state index is -3.46. The highest BCUT2D eigenvalue weighted by molar-refractivity contribution is 7.88. The van der Waals surface area contributed by atoms with E-state index in [0.29, 0.717) is 13.0 Å². The van der Waals surface area contributed by atoms with Crippen LogP contribution in [0.25, 0.3) is 0 Å². The Morgan fingerprint density at radius 3 is 2.57 bits per heavy atom. The van der Waals surface area contributed by atoms with Crippen molar-refractivity contribution < 1.29 is 26.8 Å². The van der Waals surface area contributed by atoms with Gasteiger partial charge in [-0.2, -0.15) is 4.31 Å². The largest absolute Gasteiger partial charge is 0.347 e. The summed E-state index contributed by atoms with van der Waals surface area (Å²) in [5.41, 5.74) is 0.0393. The zero-order valence-electron chi connectivity index (χ0n) is 19.1. The van der Waals surface area contributed by atoms with E-state index in [9.17, 15) is 26.8 Å². The Hall–Kier alpha value is -2.08. The van der Waals surface area contributed by atoms with E-state index in [1.807, 2.05) is 12.2 Å². The lowest BCUT2D eigenvalue weighted by Crippen LogP contribution is -2.62. The number of halogens is 3. The van der Waals surface area contributed by atoms with Crippen LogP contribution in [0, 0.1) is 23.5 Å². The first-order valence-electron chi connectivity index (χ1n) is 11.7. The molecule has 3 fully saturated rings. The second-order valence-corrected chi connectivity index (χ2v) is 12.2. The molecule has 0 radical (unpaired) electrons. The van der Waals surface area contributed by atoms with Crippen LogP contribution in [0.15, 0.2) is 24.3 Å². The highest BCUT2D eigenvalue weighted by Crippen LogP contribution is 2.44. The van der Waals surface area contributed by atoms with Gasteiger partial charge in [-0.05, 0) is 37.3 Å². The van der Waals surface area contributed by atoms with E-state index in [1.54, 1.807) is 0 Å². The number of nitrogens with zero attached hydrogens (tertiary/aromatic N) is 2. The number of hydrogen-bond donors (Lipinski definition) is 2. The molecule has 1 saturated carbocycles. The highest BCUT2D eigenvalue weighted by Gasteiger charge is 2.51. The van der Waals surface area contributed by atoms with Crippen LogP contribution in [0.5, 0.6) is 0 Å². The Kier molecular flexibility index (Phi) is 6.40. The molecule has 0 bridgehead atoms. The van der Waals surface area contributed by atoms with Crippen LogP contribution in [0.1, 0.15) is 30.9 Å². The second-order valence-electron chi connectivity index (χ2n) is 9.78. The number of amides is 2. The monoisotopic (exact) mass is 528 g/mol. The van der Waals surface area contributed by atoms with Crippen LogP contribution in [-0.2, 0) is 19.6 Å². The summed E-state index contributed by atoms with van der Waals surface area (Å²) >= 11 is 5.70. The third-order valence-electron chi connectivity index (χ3n) is 7.37. The van der Waals surface area contributed by atoms with Gasteiger partial charge in [0.25, 0.3) is 0 Å². The molecule has 1 aromatic carbocycles. The van der Waals surface area contributed by atoms with E-state index in [-0.39, 0.29) is 47.5 Å². The minimum Gasteiger partial charge on any atom is -0.347 e. The van der Waals surface area contributed by atoms with Crippen molar-refractivity contribution in [3.63, 3.8) is 0 Å². The lowest BCUT2D eigenvalue weighted by molar-refractivity contribution is -0.142. The average Bonchev–Trinajstić information content (AvgIpc) is 3.59. The molecule has 190 valence electrons. The van der Waals surface area contributed by atoms with Crippen LogP contribution in [0.2, 0.25) is 5.02 Å². The van der Waals surface area contributed by atoms with E-state index in [4.69, 9.17) is 11.6 Å². The maximum absolute atomic E-state index is 14.7. The molecule has 12 heteroatoms. The van der Waals surface area contributed by atoms with Crippen molar-refractivity contribution in [3.8, 4) is 0 Å². The minimum absolute atomic E-state index is 0.0103. The summed E-state index contributed by atoms with van der Waals surface area (Å²) in [4.78, 5) is 28.5. The van der Waals surface area contributed by atoms with Crippen LogP contribution in [0.3, 0.4) is 0 Å². The molecule has 5 atom stereocenters. The van der Waals surface area contributed by atoms with E-state index >= 15 is 0 Å². The van der Waals surface area contributed by atoms with E-state index < -0.39 is 45.7 Å². The fourth-order valence-electron chi connectivity index (χ4n) is 5.27. The number of hydrogen-bond acceptors (Lipinski definition) is 5. The lowest BCUT2D eigenvalue weighted by Gasteiger charge is -2.38. The van der Waals surface area contributed by atoms with Crippen LogP contribution < -0.4 is 10.6 Å². The summed E-state index contributed by atoms with van der Waals surface area (Å²) in [6.07, 6.45) is 6.86. The first-order chi connectivity index (χ1) is 16.5. The molecule has 0 aromatic heterocycles. The predicted molar refractivity (Wildman–Crippen MR) is 125 cm³/mol. The number of nitrogens with one attached hydrogen (secondary N) is 2. The molecule has 35 heavy (non-hydrogen) atoms. The smallest absolute Gasteiger partial charge is 0.243 e. The SMILES string of the molecule is CS(=O)(=O)N1CCN[C@H](C(=O)N2[C@@H](C(=O)N[C@@H](c3cc(F)c(Cl)cc3F)C3CC3)C[C@H]3C=C[C@H]32)C1. The molecule has 2 saturated heterocycles.